The van der Waals surface area contributed by atoms with Crippen LogP contribution < -0.4 is 5.32 Å². The quantitative estimate of drug-likeness (QED) is 0.853. The summed E-state index contributed by atoms with van der Waals surface area (Å²) in [5.74, 6) is 1.24. The van der Waals surface area contributed by atoms with Gasteiger partial charge in [-0.05, 0) is 47.2 Å². The lowest BCUT2D eigenvalue weighted by Gasteiger charge is -2.24. The van der Waals surface area contributed by atoms with Crippen molar-refractivity contribution >= 4 is 21.7 Å². The van der Waals surface area contributed by atoms with E-state index < -0.39 is 0 Å². The van der Waals surface area contributed by atoms with Crippen molar-refractivity contribution in [3.63, 3.8) is 0 Å². The molecule has 1 saturated carbocycles. The molecule has 3 unspecified atom stereocenters. The minimum Gasteiger partial charge on any atom is -0.460 e. The molecule has 2 fully saturated rings. The molecule has 3 nitrogen and oxygen atoms in total. The van der Waals surface area contributed by atoms with Crippen molar-refractivity contribution in [2.45, 2.75) is 44.2 Å². The monoisotopic (exact) mass is 297 g/mol. The first-order valence-corrected chi connectivity index (χ1v) is 7.08. The molecule has 17 heavy (non-hydrogen) atoms. The summed E-state index contributed by atoms with van der Waals surface area (Å²) in [4.78, 5) is 12.3. The van der Waals surface area contributed by atoms with Gasteiger partial charge < -0.3 is 9.73 Å². The second-order valence-electron chi connectivity index (χ2n) is 5.07. The van der Waals surface area contributed by atoms with E-state index in [0.717, 1.165) is 10.9 Å². The molecule has 3 atom stereocenters. The molecule has 1 aliphatic heterocycles. The number of hydrogen-bond acceptors (Lipinski definition) is 3. The van der Waals surface area contributed by atoms with Crippen molar-refractivity contribution in [3.8, 4) is 0 Å². The highest BCUT2D eigenvalue weighted by Crippen LogP contribution is 2.34. The maximum atomic E-state index is 12.3. The molecule has 1 aliphatic carbocycles. The van der Waals surface area contributed by atoms with E-state index in [1.165, 1.54) is 25.7 Å². The first-order valence-electron chi connectivity index (χ1n) is 6.29. The largest absolute Gasteiger partial charge is 0.460 e. The van der Waals surface area contributed by atoms with Crippen molar-refractivity contribution in [2.75, 3.05) is 0 Å². The van der Waals surface area contributed by atoms with Crippen LogP contribution in [0.25, 0.3) is 0 Å². The molecule has 1 aromatic heterocycles. The molecule has 0 aromatic carbocycles. The van der Waals surface area contributed by atoms with E-state index in [4.69, 9.17) is 4.42 Å². The van der Waals surface area contributed by atoms with E-state index in [2.05, 4.69) is 21.2 Å². The molecule has 1 aromatic rings. The van der Waals surface area contributed by atoms with Gasteiger partial charge in [0.05, 0.1) is 16.8 Å². The van der Waals surface area contributed by atoms with Crippen LogP contribution in [0.4, 0.5) is 0 Å². The number of rotatable bonds is 2. The summed E-state index contributed by atoms with van der Waals surface area (Å²) in [5.41, 5.74) is 0. The molecule has 4 heteroatoms. The Morgan fingerprint density at radius 2 is 2.24 bits per heavy atom. The van der Waals surface area contributed by atoms with Gasteiger partial charge in [0.15, 0.2) is 5.76 Å². The molecule has 3 rings (SSSR count). The van der Waals surface area contributed by atoms with Crippen LogP contribution in [0.5, 0.6) is 0 Å². The fourth-order valence-corrected chi connectivity index (χ4v) is 3.55. The van der Waals surface area contributed by atoms with Crippen LogP contribution in [0, 0.1) is 5.92 Å². The lowest BCUT2D eigenvalue weighted by atomic mass is 9.85. The van der Waals surface area contributed by atoms with Crippen molar-refractivity contribution in [3.05, 3.63) is 22.6 Å². The summed E-state index contributed by atoms with van der Waals surface area (Å²) in [7, 11) is 0. The zero-order chi connectivity index (χ0) is 11.8. The molecule has 0 amide bonds. The second-order valence-corrected chi connectivity index (χ2v) is 5.92. The number of ketones is 1. The van der Waals surface area contributed by atoms with E-state index in [1.807, 2.05) is 0 Å². The first-order chi connectivity index (χ1) is 8.25. The Balaban J connectivity index is 1.74. The van der Waals surface area contributed by atoms with Gasteiger partial charge in [0.1, 0.15) is 0 Å². The molecular weight excluding hydrogens is 282 g/mol. The molecule has 92 valence electrons. The minimum absolute atomic E-state index is 0.0504. The van der Waals surface area contributed by atoms with Crippen molar-refractivity contribution in [1.82, 2.24) is 5.32 Å². The molecule has 0 radical (unpaired) electrons. The van der Waals surface area contributed by atoms with Crippen molar-refractivity contribution < 1.29 is 9.21 Å². The van der Waals surface area contributed by atoms with E-state index in [-0.39, 0.29) is 11.8 Å². The average molecular weight is 298 g/mol. The Morgan fingerprint density at radius 1 is 1.41 bits per heavy atom. The highest BCUT2D eigenvalue weighted by Gasteiger charge is 2.39. The van der Waals surface area contributed by atoms with Gasteiger partial charge in [-0.3, -0.25) is 4.79 Å². The number of carbonyl (C=O) groups is 1. The summed E-state index contributed by atoms with van der Waals surface area (Å²) < 4.78 is 6.02. The van der Waals surface area contributed by atoms with Crippen molar-refractivity contribution in [2.24, 2.45) is 5.92 Å². The predicted octanol–water partition coefficient (Wildman–Crippen LogP) is 3.15. The summed E-state index contributed by atoms with van der Waals surface area (Å²) in [6, 6.07) is 2.27. The maximum absolute atomic E-state index is 12.3. The molecule has 0 bridgehead atoms. The molecular formula is C13H16BrNO2. The van der Waals surface area contributed by atoms with Crippen LogP contribution in [-0.2, 0) is 0 Å². The third-order valence-electron chi connectivity index (χ3n) is 4.02. The lowest BCUT2D eigenvalue weighted by molar-refractivity contribution is 0.0920. The molecule has 0 spiro atoms. The first kappa shape index (κ1) is 11.5. The Kier molecular flexibility index (Phi) is 3.09. The number of fused-ring (bicyclic) bond motifs is 1. The number of Topliss-reactive ketones (excluding diaryl/α,β-unsaturated/α-hetero) is 1. The molecule has 1 N–H and O–H groups in total. The van der Waals surface area contributed by atoms with Crippen LogP contribution in [0.2, 0.25) is 0 Å². The normalized spacial score (nSPS) is 32.4. The van der Waals surface area contributed by atoms with E-state index in [9.17, 15) is 4.79 Å². The van der Waals surface area contributed by atoms with Crippen LogP contribution in [0.1, 0.15) is 42.7 Å². The SMILES string of the molecule is O=C(c1occc1Br)C1CC2CCCCC2N1. The summed E-state index contributed by atoms with van der Waals surface area (Å²) >= 11 is 3.35. The lowest BCUT2D eigenvalue weighted by Crippen LogP contribution is -2.37. The fourth-order valence-electron chi connectivity index (χ4n) is 3.15. The third-order valence-corrected chi connectivity index (χ3v) is 4.64. The van der Waals surface area contributed by atoms with Gasteiger partial charge in [0, 0.05) is 6.04 Å². The van der Waals surface area contributed by atoms with E-state index in [0.29, 0.717) is 17.7 Å². The smallest absolute Gasteiger partial charge is 0.216 e. The average Bonchev–Trinajstić information content (AvgIpc) is 2.93. The van der Waals surface area contributed by atoms with Gasteiger partial charge in [0.25, 0.3) is 0 Å². The Morgan fingerprint density at radius 3 is 2.94 bits per heavy atom. The zero-order valence-electron chi connectivity index (χ0n) is 9.62. The van der Waals surface area contributed by atoms with Gasteiger partial charge in [-0.2, -0.15) is 0 Å². The fraction of sp³-hybridized carbons (Fsp3) is 0.615. The Labute approximate surface area is 109 Å². The van der Waals surface area contributed by atoms with Crippen LogP contribution >= 0.6 is 15.9 Å². The van der Waals surface area contributed by atoms with Crippen LogP contribution in [0.15, 0.2) is 21.2 Å². The summed E-state index contributed by atoms with van der Waals surface area (Å²) in [6.07, 6.45) is 7.61. The highest BCUT2D eigenvalue weighted by molar-refractivity contribution is 9.10. The van der Waals surface area contributed by atoms with Crippen molar-refractivity contribution in [1.29, 1.82) is 0 Å². The second kappa shape index (κ2) is 4.58. The number of nitrogens with one attached hydrogen (secondary N) is 1. The van der Waals surface area contributed by atoms with Gasteiger partial charge >= 0.3 is 0 Å². The third kappa shape index (κ3) is 2.08. The number of halogens is 1. The number of hydrogen-bond donors (Lipinski definition) is 1. The van der Waals surface area contributed by atoms with Gasteiger partial charge in [0.2, 0.25) is 5.78 Å². The molecule has 2 heterocycles. The molecule has 2 aliphatic rings. The Bertz CT molecular complexity index is 415. The van der Waals surface area contributed by atoms with Crippen LogP contribution in [0.3, 0.4) is 0 Å². The Hall–Kier alpha value is -0.610. The minimum atomic E-state index is -0.0504. The summed E-state index contributed by atoms with van der Waals surface area (Å²) in [5, 5.41) is 3.48. The standard InChI is InChI=1S/C13H16BrNO2/c14-9-5-6-17-13(9)12(16)11-7-8-3-1-2-4-10(8)15-11/h5-6,8,10-11,15H,1-4,7H2. The van der Waals surface area contributed by atoms with Gasteiger partial charge in [-0.15, -0.1) is 0 Å². The van der Waals surface area contributed by atoms with E-state index in [1.54, 1.807) is 12.3 Å². The number of furan rings is 1. The van der Waals surface area contributed by atoms with Crippen LogP contribution in [-0.4, -0.2) is 17.9 Å². The highest BCUT2D eigenvalue weighted by atomic mass is 79.9. The summed E-state index contributed by atoms with van der Waals surface area (Å²) in [6.45, 7) is 0. The number of carbonyl (C=O) groups excluding carboxylic acids is 1. The maximum Gasteiger partial charge on any atom is 0.216 e. The van der Waals surface area contributed by atoms with Gasteiger partial charge in [-0.1, -0.05) is 12.8 Å². The van der Waals surface area contributed by atoms with Gasteiger partial charge in [-0.25, -0.2) is 0 Å². The van der Waals surface area contributed by atoms with E-state index >= 15 is 0 Å². The predicted molar refractivity (Wildman–Crippen MR) is 68.0 cm³/mol. The molecule has 1 saturated heterocycles. The zero-order valence-corrected chi connectivity index (χ0v) is 11.2. The topological polar surface area (TPSA) is 42.2 Å².